The van der Waals surface area contributed by atoms with Crippen LogP contribution in [-0.4, -0.2) is 43.5 Å². The van der Waals surface area contributed by atoms with Gasteiger partial charge in [0.15, 0.2) is 6.04 Å². The number of hydrogen-bond donors (Lipinski definition) is 3. The number of carbonyl (C=O) groups excluding carboxylic acids is 2. The van der Waals surface area contributed by atoms with E-state index in [1.807, 2.05) is 18.2 Å². The number of nitrogens with zero attached hydrogens (tertiary/aromatic N) is 4. The summed E-state index contributed by atoms with van der Waals surface area (Å²) < 4.78 is 6.59. The quantitative estimate of drug-likeness (QED) is 0.187. The molecule has 1 amide bonds. The van der Waals surface area contributed by atoms with Gasteiger partial charge in [-0.25, -0.2) is 25.0 Å². The van der Waals surface area contributed by atoms with E-state index in [9.17, 15) is 14.4 Å². The Balaban J connectivity index is 1.30. The lowest BCUT2D eigenvalue weighted by molar-refractivity contribution is -0.137. The SMILES string of the molecule is Cn1c(=O)c(Cc2ccc(C(=N)N)nc2)nc2cc(C3(NN4C(=O)OC(=O)C4C4CCCC4)CC3)ccc21. The number of nitrogen functional groups attached to an aromatic ring is 1. The van der Waals surface area contributed by atoms with Crippen LogP contribution < -0.4 is 16.7 Å². The first-order chi connectivity index (χ1) is 18.3. The molecule has 0 spiro atoms. The maximum Gasteiger partial charge on any atom is 0.432 e. The minimum absolute atomic E-state index is 0.103. The predicted octanol–water partition coefficient (Wildman–Crippen LogP) is 2.23. The van der Waals surface area contributed by atoms with E-state index in [4.69, 9.17) is 20.9 Å². The maximum atomic E-state index is 13.0. The molecule has 38 heavy (non-hydrogen) atoms. The van der Waals surface area contributed by atoms with Crippen molar-refractivity contribution in [3.8, 4) is 0 Å². The van der Waals surface area contributed by atoms with Crippen molar-refractivity contribution in [2.45, 2.75) is 56.5 Å². The lowest BCUT2D eigenvalue weighted by Crippen LogP contribution is -2.52. The van der Waals surface area contributed by atoms with E-state index >= 15 is 0 Å². The molecule has 2 aliphatic carbocycles. The lowest BCUT2D eigenvalue weighted by atomic mass is 9.98. The van der Waals surface area contributed by atoms with Crippen molar-refractivity contribution in [2.24, 2.45) is 18.7 Å². The molecule has 4 N–H and O–H groups in total. The predicted molar refractivity (Wildman–Crippen MR) is 138 cm³/mol. The van der Waals surface area contributed by atoms with Crippen LogP contribution in [0, 0.1) is 11.3 Å². The van der Waals surface area contributed by atoms with Gasteiger partial charge in [-0.2, -0.15) is 0 Å². The minimum Gasteiger partial charge on any atom is -0.382 e. The van der Waals surface area contributed by atoms with Crippen LogP contribution in [-0.2, 0) is 28.5 Å². The average Bonchev–Trinajstić information content (AvgIpc) is 3.38. The van der Waals surface area contributed by atoms with E-state index < -0.39 is 23.6 Å². The number of cyclic esters (lactones) is 2. The van der Waals surface area contributed by atoms with E-state index in [0.29, 0.717) is 22.4 Å². The first-order valence-corrected chi connectivity index (χ1v) is 12.9. The molecule has 11 nitrogen and oxygen atoms in total. The second kappa shape index (κ2) is 9.02. The molecule has 0 bridgehead atoms. The third-order valence-electron chi connectivity index (χ3n) is 8.00. The standard InChI is InChI=1S/C27H29N7O4/c1-33-21-9-7-17(13-19(21)31-20(24(33)35)12-15-6-8-18(23(28)29)30-14-15)27(10-11-27)32-34-22(16-4-2-3-5-16)25(36)38-26(34)37/h6-9,13-14,16,22,32H,2-5,10-12H2,1H3,(H3,28,29). The molecule has 11 heteroatoms. The van der Waals surface area contributed by atoms with Crippen LogP contribution >= 0.6 is 0 Å². The second-order valence-corrected chi connectivity index (χ2v) is 10.5. The van der Waals surface area contributed by atoms with Gasteiger partial charge >= 0.3 is 12.1 Å². The van der Waals surface area contributed by atoms with Gasteiger partial charge in [-0.1, -0.05) is 25.0 Å². The molecule has 1 unspecified atom stereocenters. The number of hydrogen-bond acceptors (Lipinski definition) is 8. The molecule has 3 fully saturated rings. The molecule has 0 radical (unpaired) electrons. The maximum absolute atomic E-state index is 13.0. The van der Waals surface area contributed by atoms with Crippen LogP contribution in [0.2, 0.25) is 0 Å². The van der Waals surface area contributed by atoms with Crippen LogP contribution in [0.4, 0.5) is 4.79 Å². The molecular formula is C27H29N7O4. The van der Waals surface area contributed by atoms with Gasteiger partial charge in [0.1, 0.15) is 17.2 Å². The molecule has 196 valence electrons. The highest BCUT2D eigenvalue weighted by Crippen LogP contribution is 2.47. The summed E-state index contributed by atoms with van der Waals surface area (Å²) in [5.41, 5.74) is 12.0. The van der Waals surface area contributed by atoms with Gasteiger partial charge in [0, 0.05) is 19.7 Å². The van der Waals surface area contributed by atoms with Crippen LogP contribution in [0.3, 0.4) is 0 Å². The van der Waals surface area contributed by atoms with Crippen molar-refractivity contribution >= 4 is 28.9 Å². The number of carbonyl (C=O) groups is 2. The molecule has 3 aromatic rings. The van der Waals surface area contributed by atoms with Crippen molar-refractivity contribution in [3.63, 3.8) is 0 Å². The fraction of sp³-hybridized carbons (Fsp3) is 0.407. The van der Waals surface area contributed by atoms with Gasteiger partial charge in [0.25, 0.3) is 5.56 Å². The summed E-state index contributed by atoms with van der Waals surface area (Å²) in [5.74, 6) is -0.491. The number of rotatable bonds is 7. The van der Waals surface area contributed by atoms with Crippen molar-refractivity contribution in [1.82, 2.24) is 25.0 Å². The molecule has 2 saturated carbocycles. The highest BCUT2D eigenvalue weighted by molar-refractivity contribution is 5.95. The Morgan fingerprint density at radius 2 is 1.95 bits per heavy atom. The number of aryl methyl sites for hydroxylation is 1. The van der Waals surface area contributed by atoms with Crippen molar-refractivity contribution in [3.05, 3.63) is 69.4 Å². The Labute approximate surface area is 218 Å². The number of fused-ring (bicyclic) bond motifs is 1. The average molecular weight is 516 g/mol. The summed E-state index contributed by atoms with van der Waals surface area (Å²) in [6.45, 7) is 0. The van der Waals surface area contributed by atoms with Crippen molar-refractivity contribution < 1.29 is 14.3 Å². The van der Waals surface area contributed by atoms with E-state index in [0.717, 1.165) is 49.7 Å². The van der Waals surface area contributed by atoms with Crippen molar-refractivity contribution in [2.75, 3.05) is 0 Å². The van der Waals surface area contributed by atoms with Gasteiger partial charge in [0.05, 0.1) is 16.6 Å². The molecular weight excluding hydrogens is 486 g/mol. The third-order valence-corrected chi connectivity index (χ3v) is 8.00. The summed E-state index contributed by atoms with van der Waals surface area (Å²) in [6.07, 6.45) is 6.73. The van der Waals surface area contributed by atoms with E-state index in [-0.39, 0.29) is 23.7 Å². The first kappa shape index (κ1) is 24.2. The Morgan fingerprint density at radius 1 is 1.18 bits per heavy atom. The molecule has 6 rings (SSSR count). The molecule has 3 aliphatic rings. The minimum atomic E-state index is -0.647. The third kappa shape index (κ3) is 4.12. The summed E-state index contributed by atoms with van der Waals surface area (Å²) in [4.78, 5) is 47.1. The zero-order valence-corrected chi connectivity index (χ0v) is 21.1. The Hall–Kier alpha value is -4.12. The fourth-order valence-corrected chi connectivity index (χ4v) is 5.71. The van der Waals surface area contributed by atoms with Crippen molar-refractivity contribution in [1.29, 1.82) is 5.41 Å². The number of ether oxygens (including phenoxy) is 1. The fourth-order valence-electron chi connectivity index (χ4n) is 5.71. The van der Waals surface area contributed by atoms with Crippen LogP contribution in [0.5, 0.6) is 0 Å². The number of nitrogens with one attached hydrogen (secondary N) is 2. The summed E-state index contributed by atoms with van der Waals surface area (Å²) in [6, 6.07) is 8.60. The van der Waals surface area contributed by atoms with Gasteiger partial charge in [0.2, 0.25) is 0 Å². The Bertz CT molecular complexity index is 1520. The largest absolute Gasteiger partial charge is 0.432 e. The van der Waals surface area contributed by atoms with E-state index in [1.54, 1.807) is 29.9 Å². The summed E-state index contributed by atoms with van der Waals surface area (Å²) in [7, 11) is 1.72. The zero-order chi connectivity index (χ0) is 26.6. The normalized spacial score (nSPS) is 20.8. The molecule has 1 aliphatic heterocycles. The van der Waals surface area contributed by atoms with E-state index in [2.05, 4.69) is 10.4 Å². The van der Waals surface area contributed by atoms with Gasteiger partial charge in [-0.05, 0) is 60.9 Å². The molecule has 3 heterocycles. The second-order valence-electron chi connectivity index (χ2n) is 10.5. The number of esters is 1. The number of pyridine rings is 1. The highest BCUT2D eigenvalue weighted by Gasteiger charge is 2.53. The van der Waals surface area contributed by atoms with Gasteiger partial charge < -0.3 is 15.0 Å². The molecule has 2 aromatic heterocycles. The summed E-state index contributed by atoms with van der Waals surface area (Å²) in [5, 5.41) is 8.91. The zero-order valence-electron chi connectivity index (χ0n) is 21.1. The number of benzene rings is 1. The Morgan fingerprint density at radius 3 is 2.61 bits per heavy atom. The molecule has 1 aromatic carbocycles. The lowest BCUT2D eigenvalue weighted by Gasteiger charge is -2.30. The summed E-state index contributed by atoms with van der Waals surface area (Å²) >= 11 is 0. The first-order valence-electron chi connectivity index (χ1n) is 12.9. The number of amides is 1. The van der Waals surface area contributed by atoms with Crippen LogP contribution in [0.25, 0.3) is 11.0 Å². The number of amidine groups is 1. The number of nitrogens with two attached hydrogens (primary N) is 1. The van der Waals surface area contributed by atoms with E-state index in [1.165, 1.54) is 5.01 Å². The monoisotopic (exact) mass is 515 g/mol. The topological polar surface area (TPSA) is 156 Å². The van der Waals surface area contributed by atoms with Gasteiger partial charge in [-0.3, -0.25) is 15.2 Å². The number of aromatic nitrogens is 3. The Kier molecular flexibility index (Phi) is 5.75. The van der Waals surface area contributed by atoms with Crippen LogP contribution in [0.1, 0.15) is 61.0 Å². The van der Waals surface area contributed by atoms with Gasteiger partial charge in [-0.15, -0.1) is 0 Å². The molecule has 1 atom stereocenters. The smallest absolute Gasteiger partial charge is 0.382 e. The number of hydrazine groups is 1. The highest BCUT2D eigenvalue weighted by atomic mass is 16.6. The molecule has 1 saturated heterocycles. The van der Waals surface area contributed by atoms with Crippen LogP contribution in [0.15, 0.2) is 41.3 Å².